The molecule has 1 aromatic carbocycles. The topological polar surface area (TPSA) is 12.0 Å². The van der Waals surface area contributed by atoms with Crippen LogP contribution in [0.25, 0.3) is 0 Å². The van der Waals surface area contributed by atoms with Gasteiger partial charge in [-0.15, -0.1) is 0 Å². The fraction of sp³-hybridized carbons (Fsp3) is 0.571. The fourth-order valence-electron chi connectivity index (χ4n) is 2.10. The molecule has 1 aromatic rings. The van der Waals surface area contributed by atoms with E-state index in [1.807, 2.05) is 13.8 Å². The lowest BCUT2D eigenvalue weighted by Gasteiger charge is -2.22. The summed E-state index contributed by atoms with van der Waals surface area (Å²) in [6.45, 7) is 4.03. The average molecular weight is 294 g/mol. The van der Waals surface area contributed by atoms with Crippen LogP contribution in [0.15, 0.2) is 18.2 Å². The predicted molar refractivity (Wildman–Crippen MR) is 73.7 cm³/mol. The summed E-state index contributed by atoms with van der Waals surface area (Å²) >= 11 is 5.92. The van der Waals surface area contributed by atoms with Crippen LogP contribution in [-0.2, 0) is 6.18 Å². The zero-order valence-electron chi connectivity index (χ0n) is 11.1. The van der Waals surface area contributed by atoms with E-state index in [-0.39, 0.29) is 16.8 Å². The van der Waals surface area contributed by atoms with Crippen molar-refractivity contribution in [2.45, 2.75) is 51.7 Å². The summed E-state index contributed by atoms with van der Waals surface area (Å²) in [6, 6.07) is 3.89. The van der Waals surface area contributed by atoms with Crippen LogP contribution < -0.4 is 5.32 Å². The van der Waals surface area contributed by atoms with Crippen LogP contribution in [0.3, 0.4) is 0 Å². The highest BCUT2D eigenvalue weighted by Crippen LogP contribution is 2.39. The maximum Gasteiger partial charge on any atom is 0.418 e. The second-order valence-corrected chi connectivity index (χ2v) is 4.99. The first-order valence-electron chi connectivity index (χ1n) is 6.52. The summed E-state index contributed by atoms with van der Waals surface area (Å²) in [5.74, 6) is 0. The Morgan fingerprint density at radius 3 is 2.21 bits per heavy atom. The van der Waals surface area contributed by atoms with Gasteiger partial charge < -0.3 is 5.32 Å². The van der Waals surface area contributed by atoms with Crippen LogP contribution in [0.5, 0.6) is 0 Å². The van der Waals surface area contributed by atoms with Crippen LogP contribution in [0.2, 0.25) is 5.02 Å². The molecule has 0 fully saturated rings. The van der Waals surface area contributed by atoms with Crippen molar-refractivity contribution in [1.29, 1.82) is 0 Å². The zero-order chi connectivity index (χ0) is 14.5. The first kappa shape index (κ1) is 16.2. The van der Waals surface area contributed by atoms with Crippen LogP contribution in [0, 0.1) is 0 Å². The molecule has 0 heterocycles. The second-order valence-electron chi connectivity index (χ2n) is 4.58. The van der Waals surface area contributed by atoms with Gasteiger partial charge in [0.05, 0.1) is 16.3 Å². The van der Waals surface area contributed by atoms with Gasteiger partial charge in [-0.1, -0.05) is 44.4 Å². The summed E-state index contributed by atoms with van der Waals surface area (Å²) in [5.41, 5.74) is -0.694. The molecule has 5 heteroatoms. The first-order valence-corrected chi connectivity index (χ1v) is 6.90. The SMILES string of the molecule is CCCC(CCC)Nc1c(Cl)cccc1C(F)(F)F. The molecule has 0 bridgehead atoms. The van der Waals surface area contributed by atoms with Gasteiger partial charge in [0.1, 0.15) is 0 Å². The molecule has 0 unspecified atom stereocenters. The summed E-state index contributed by atoms with van der Waals surface area (Å²) in [7, 11) is 0. The number of rotatable bonds is 6. The predicted octanol–water partition coefficient (Wildman–Crippen LogP) is 5.74. The number of halogens is 4. The number of anilines is 1. The first-order chi connectivity index (χ1) is 8.90. The molecule has 1 rings (SSSR count). The molecule has 0 spiro atoms. The molecular weight excluding hydrogens is 275 g/mol. The van der Waals surface area contributed by atoms with E-state index in [9.17, 15) is 13.2 Å². The molecule has 0 saturated carbocycles. The van der Waals surface area contributed by atoms with E-state index in [1.165, 1.54) is 12.1 Å². The van der Waals surface area contributed by atoms with Crippen molar-refractivity contribution in [2.75, 3.05) is 5.32 Å². The summed E-state index contributed by atoms with van der Waals surface area (Å²) < 4.78 is 38.9. The lowest BCUT2D eigenvalue weighted by atomic mass is 10.0. The van der Waals surface area contributed by atoms with Crippen molar-refractivity contribution in [3.8, 4) is 0 Å². The third-order valence-corrected chi connectivity index (χ3v) is 3.26. The van der Waals surface area contributed by atoms with Crippen molar-refractivity contribution in [3.05, 3.63) is 28.8 Å². The molecule has 0 aromatic heterocycles. The average Bonchev–Trinajstić information content (AvgIpc) is 2.31. The van der Waals surface area contributed by atoms with Gasteiger partial charge in [-0.05, 0) is 25.0 Å². The molecule has 0 aliphatic rings. The highest BCUT2D eigenvalue weighted by molar-refractivity contribution is 6.33. The van der Waals surface area contributed by atoms with E-state index in [4.69, 9.17) is 11.6 Å². The molecule has 0 amide bonds. The minimum absolute atomic E-state index is 0.00330. The number of benzene rings is 1. The maximum atomic E-state index is 13.0. The monoisotopic (exact) mass is 293 g/mol. The highest BCUT2D eigenvalue weighted by atomic mass is 35.5. The van der Waals surface area contributed by atoms with Gasteiger partial charge >= 0.3 is 6.18 Å². The van der Waals surface area contributed by atoms with Gasteiger partial charge in [0.25, 0.3) is 0 Å². The molecule has 0 aliphatic carbocycles. The van der Waals surface area contributed by atoms with Crippen LogP contribution >= 0.6 is 11.6 Å². The Balaban J connectivity index is 3.04. The van der Waals surface area contributed by atoms with Gasteiger partial charge in [-0.2, -0.15) is 13.2 Å². The van der Waals surface area contributed by atoms with E-state index < -0.39 is 11.7 Å². The van der Waals surface area contributed by atoms with E-state index in [2.05, 4.69) is 5.32 Å². The van der Waals surface area contributed by atoms with E-state index in [0.29, 0.717) is 0 Å². The Hall–Kier alpha value is -0.900. The largest absolute Gasteiger partial charge is 0.418 e. The quantitative estimate of drug-likeness (QED) is 0.705. The Morgan fingerprint density at radius 1 is 1.16 bits per heavy atom. The molecule has 1 nitrogen and oxygen atoms in total. The molecule has 0 saturated heterocycles. The Kier molecular flexibility index (Phi) is 5.98. The Bertz CT molecular complexity index is 398. The zero-order valence-corrected chi connectivity index (χ0v) is 11.9. The number of nitrogens with one attached hydrogen (secondary N) is 1. The Labute approximate surface area is 117 Å². The third-order valence-electron chi connectivity index (χ3n) is 2.94. The fourth-order valence-corrected chi connectivity index (χ4v) is 2.33. The molecule has 0 radical (unpaired) electrons. The lowest BCUT2D eigenvalue weighted by molar-refractivity contribution is -0.137. The maximum absolute atomic E-state index is 13.0. The molecule has 0 aliphatic heterocycles. The van der Waals surface area contributed by atoms with Crippen molar-refractivity contribution in [2.24, 2.45) is 0 Å². The number of para-hydroxylation sites is 1. The van der Waals surface area contributed by atoms with Crippen molar-refractivity contribution in [1.82, 2.24) is 0 Å². The highest BCUT2D eigenvalue weighted by Gasteiger charge is 2.34. The summed E-state index contributed by atoms with van der Waals surface area (Å²) in [6.07, 6.45) is -0.893. The van der Waals surface area contributed by atoms with E-state index in [1.54, 1.807) is 0 Å². The summed E-state index contributed by atoms with van der Waals surface area (Å²) in [4.78, 5) is 0. The Morgan fingerprint density at radius 2 is 1.74 bits per heavy atom. The summed E-state index contributed by atoms with van der Waals surface area (Å²) in [5, 5.41) is 3.09. The van der Waals surface area contributed by atoms with Crippen LogP contribution in [0.4, 0.5) is 18.9 Å². The van der Waals surface area contributed by atoms with E-state index >= 15 is 0 Å². The molecule has 1 N–H and O–H groups in total. The van der Waals surface area contributed by atoms with Crippen LogP contribution in [-0.4, -0.2) is 6.04 Å². The smallest absolute Gasteiger partial charge is 0.381 e. The van der Waals surface area contributed by atoms with Gasteiger partial charge in [-0.3, -0.25) is 0 Å². The van der Waals surface area contributed by atoms with Gasteiger partial charge in [0.2, 0.25) is 0 Å². The van der Waals surface area contributed by atoms with Crippen molar-refractivity contribution >= 4 is 17.3 Å². The molecular formula is C14H19ClF3N. The van der Waals surface area contributed by atoms with Gasteiger partial charge in [0.15, 0.2) is 0 Å². The number of hydrogen-bond acceptors (Lipinski definition) is 1. The molecule has 108 valence electrons. The van der Waals surface area contributed by atoms with Crippen molar-refractivity contribution < 1.29 is 13.2 Å². The van der Waals surface area contributed by atoms with E-state index in [0.717, 1.165) is 31.7 Å². The third kappa shape index (κ3) is 4.60. The molecule has 0 atom stereocenters. The van der Waals surface area contributed by atoms with Crippen molar-refractivity contribution in [3.63, 3.8) is 0 Å². The van der Waals surface area contributed by atoms with Gasteiger partial charge in [0, 0.05) is 6.04 Å². The minimum Gasteiger partial charge on any atom is -0.381 e. The minimum atomic E-state index is -4.39. The standard InChI is InChI=1S/C14H19ClF3N/c1-3-6-10(7-4-2)19-13-11(14(16,17)18)8-5-9-12(13)15/h5,8-10,19H,3-4,6-7H2,1-2H3. The van der Waals surface area contributed by atoms with Gasteiger partial charge in [-0.25, -0.2) is 0 Å². The van der Waals surface area contributed by atoms with Crippen LogP contribution in [0.1, 0.15) is 45.1 Å². The lowest BCUT2D eigenvalue weighted by Crippen LogP contribution is -2.22. The second kappa shape index (κ2) is 7.04. The number of alkyl halides is 3. The number of hydrogen-bond donors (Lipinski definition) is 1. The normalized spacial score (nSPS) is 11.9. The molecule has 19 heavy (non-hydrogen) atoms.